The zero-order valence-electron chi connectivity index (χ0n) is 18.1. The number of primary amides is 1. The molecule has 0 spiro atoms. The van der Waals surface area contributed by atoms with Gasteiger partial charge in [0.15, 0.2) is 0 Å². The van der Waals surface area contributed by atoms with Crippen LogP contribution < -0.4 is 15.2 Å². The van der Waals surface area contributed by atoms with E-state index in [4.69, 9.17) is 15.2 Å². The monoisotopic (exact) mass is 428 g/mol. The zero-order chi connectivity index (χ0) is 21.9. The topological polar surface area (TPSA) is 64.8 Å². The fourth-order valence-corrected chi connectivity index (χ4v) is 4.91. The van der Waals surface area contributed by atoms with Crippen molar-refractivity contribution in [3.63, 3.8) is 0 Å². The Hall–Kier alpha value is -3.31. The summed E-state index contributed by atoms with van der Waals surface area (Å²) >= 11 is 0. The third-order valence-corrected chi connectivity index (χ3v) is 6.44. The highest BCUT2D eigenvalue weighted by atomic mass is 16.5. The van der Waals surface area contributed by atoms with Crippen LogP contribution in [0, 0.1) is 0 Å². The van der Waals surface area contributed by atoms with Crippen LogP contribution in [-0.2, 0) is 19.4 Å². The van der Waals surface area contributed by atoms with Gasteiger partial charge in [-0.15, -0.1) is 0 Å². The quantitative estimate of drug-likeness (QED) is 0.574. The maximum atomic E-state index is 11.1. The van der Waals surface area contributed by atoms with E-state index in [2.05, 4.69) is 53.4 Å². The first-order chi connectivity index (χ1) is 15.7. The second-order valence-corrected chi connectivity index (χ2v) is 8.63. The maximum Gasteiger partial charge on any atom is 0.409 e. The Morgan fingerprint density at radius 1 is 0.969 bits per heavy atom. The summed E-state index contributed by atoms with van der Waals surface area (Å²) in [6.45, 7) is 2.07. The van der Waals surface area contributed by atoms with E-state index >= 15 is 0 Å². The van der Waals surface area contributed by atoms with Crippen LogP contribution in [0.25, 0.3) is 0 Å². The Labute approximate surface area is 188 Å². The molecule has 3 aromatic rings. The standard InChI is InChI=1S/C27H28N2O3/c28-27(30)31-23-12-14-26-22(17-23)11-10-21-16-19(9-13-25(21)32-26)18-29-15-5-4-8-24(29)20-6-2-1-3-7-20/h1-3,6-7,9,12-14,16-17,24H,4-5,8,10-11,15,18H2,(H2,28,30). The van der Waals surface area contributed by atoms with Gasteiger partial charge < -0.3 is 15.2 Å². The second-order valence-electron chi connectivity index (χ2n) is 8.63. The van der Waals surface area contributed by atoms with Crippen LogP contribution >= 0.6 is 0 Å². The minimum absolute atomic E-state index is 0.448. The lowest BCUT2D eigenvalue weighted by molar-refractivity contribution is 0.140. The van der Waals surface area contributed by atoms with Crippen LogP contribution in [0.5, 0.6) is 17.2 Å². The number of aryl methyl sites for hydroxylation is 2. The van der Waals surface area contributed by atoms with Gasteiger partial charge in [-0.3, -0.25) is 4.90 Å². The van der Waals surface area contributed by atoms with Gasteiger partial charge in [-0.2, -0.15) is 0 Å². The first-order valence-corrected chi connectivity index (χ1v) is 11.3. The molecule has 3 aromatic carbocycles. The van der Waals surface area contributed by atoms with E-state index < -0.39 is 6.09 Å². The fraction of sp³-hybridized carbons (Fsp3) is 0.296. The third-order valence-electron chi connectivity index (χ3n) is 6.44. The van der Waals surface area contributed by atoms with Gasteiger partial charge >= 0.3 is 6.09 Å². The van der Waals surface area contributed by atoms with Gasteiger partial charge in [0.2, 0.25) is 0 Å². The predicted octanol–water partition coefficient (Wildman–Crippen LogP) is 5.76. The number of nitrogens with two attached hydrogens (primary N) is 1. The van der Waals surface area contributed by atoms with Gasteiger partial charge in [0, 0.05) is 12.6 Å². The predicted molar refractivity (Wildman–Crippen MR) is 124 cm³/mol. The molecule has 1 amide bonds. The summed E-state index contributed by atoms with van der Waals surface area (Å²) in [6, 6.07) is 23.3. The lowest BCUT2D eigenvalue weighted by Crippen LogP contribution is -2.32. The molecule has 2 aliphatic heterocycles. The second kappa shape index (κ2) is 9.05. The van der Waals surface area contributed by atoms with Crippen molar-refractivity contribution in [2.75, 3.05) is 6.54 Å². The Morgan fingerprint density at radius 3 is 2.50 bits per heavy atom. The van der Waals surface area contributed by atoms with Crippen LogP contribution in [0.2, 0.25) is 0 Å². The molecule has 1 unspecified atom stereocenters. The largest absolute Gasteiger partial charge is 0.457 e. The molecule has 5 heteroatoms. The molecule has 5 nitrogen and oxygen atoms in total. The molecule has 1 atom stereocenters. The van der Waals surface area contributed by atoms with Gasteiger partial charge in [0.1, 0.15) is 17.2 Å². The van der Waals surface area contributed by atoms with Gasteiger partial charge in [0.05, 0.1) is 0 Å². The molecule has 164 valence electrons. The highest BCUT2D eigenvalue weighted by Crippen LogP contribution is 2.37. The molecule has 1 fully saturated rings. The first kappa shape index (κ1) is 20.6. The van der Waals surface area contributed by atoms with Crippen molar-refractivity contribution < 1.29 is 14.3 Å². The van der Waals surface area contributed by atoms with Crippen molar-refractivity contribution in [2.45, 2.75) is 44.7 Å². The van der Waals surface area contributed by atoms with E-state index in [0.29, 0.717) is 11.8 Å². The highest BCUT2D eigenvalue weighted by Gasteiger charge is 2.24. The van der Waals surface area contributed by atoms with E-state index in [0.717, 1.165) is 43.0 Å². The van der Waals surface area contributed by atoms with E-state index in [1.807, 2.05) is 12.1 Å². The third kappa shape index (κ3) is 4.48. The molecule has 2 aliphatic rings. The number of hydrogen-bond acceptors (Lipinski definition) is 4. The number of nitrogens with zero attached hydrogens (tertiary/aromatic N) is 1. The molecular formula is C27H28N2O3. The fourth-order valence-electron chi connectivity index (χ4n) is 4.91. The average molecular weight is 429 g/mol. The van der Waals surface area contributed by atoms with Gasteiger partial charge in [-0.1, -0.05) is 48.9 Å². The van der Waals surface area contributed by atoms with Gasteiger partial charge in [-0.05, 0) is 78.7 Å². The summed E-state index contributed by atoms with van der Waals surface area (Å²) in [7, 11) is 0. The first-order valence-electron chi connectivity index (χ1n) is 11.3. The number of amides is 1. The molecular weight excluding hydrogens is 400 g/mol. The number of carbonyl (C=O) groups is 1. The number of likely N-dealkylation sites (tertiary alicyclic amines) is 1. The smallest absolute Gasteiger partial charge is 0.409 e. The Morgan fingerprint density at radius 2 is 1.72 bits per heavy atom. The summed E-state index contributed by atoms with van der Waals surface area (Å²) in [5, 5.41) is 0. The summed E-state index contributed by atoms with van der Waals surface area (Å²) in [6.07, 6.45) is 4.63. The van der Waals surface area contributed by atoms with Gasteiger partial charge in [0.25, 0.3) is 0 Å². The van der Waals surface area contributed by atoms with Crippen molar-refractivity contribution in [1.82, 2.24) is 4.90 Å². The normalized spacial score (nSPS) is 18.1. The van der Waals surface area contributed by atoms with Crippen LogP contribution in [0.4, 0.5) is 4.79 Å². The lowest BCUT2D eigenvalue weighted by Gasteiger charge is -2.36. The Kier molecular flexibility index (Phi) is 5.82. The summed E-state index contributed by atoms with van der Waals surface area (Å²) in [5.74, 6) is 2.14. The molecule has 0 radical (unpaired) electrons. The van der Waals surface area contributed by atoms with Crippen LogP contribution in [-0.4, -0.2) is 17.5 Å². The van der Waals surface area contributed by atoms with Crippen molar-refractivity contribution in [3.8, 4) is 17.2 Å². The Bertz CT molecular complexity index is 1110. The van der Waals surface area contributed by atoms with Crippen molar-refractivity contribution >= 4 is 6.09 Å². The molecule has 2 heterocycles. The molecule has 5 rings (SSSR count). The molecule has 32 heavy (non-hydrogen) atoms. The van der Waals surface area contributed by atoms with Crippen molar-refractivity contribution in [3.05, 3.63) is 89.0 Å². The van der Waals surface area contributed by atoms with Crippen molar-refractivity contribution in [1.29, 1.82) is 0 Å². The molecule has 0 aromatic heterocycles. The van der Waals surface area contributed by atoms with E-state index in [1.165, 1.54) is 36.0 Å². The summed E-state index contributed by atoms with van der Waals surface area (Å²) < 4.78 is 11.2. The van der Waals surface area contributed by atoms with Crippen molar-refractivity contribution in [2.24, 2.45) is 5.73 Å². The molecule has 0 aliphatic carbocycles. The number of fused-ring (bicyclic) bond motifs is 2. The molecule has 2 N–H and O–H groups in total. The molecule has 1 saturated heterocycles. The maximum absolute atomic E-state index is 11.1. The molecule has 0 bridgehead atoms. The lowest BCUT2D eigenvalue weighted by atomic mass is 9.94. The van der Waals surface area contributed by atoms with Crippen LogP contribution in [0.3, 0.4) is 0 Å². The number of carbonyl (C=O) groups excluding carboxylic acids is 1. The van der Waals surface area contributed by atoms with Crippen LogP contribution in [0.15, 0.2) is 66.7 Å². The average Bonchev–Trinajstić information content (AvgIpc) is 2.98. The van der Waals surface area contributed by atoms with Gasteiger partial charge in [-0.25, -0.2) is 4.79 Å². The van der Waals surface area contributed by atoms with E-state index in [9.17, 15) is 4.79 Å². The SMILES string of the molecule is NC(=O)Oc1ccc2c(c1)CCc1cc(CN3CCCCC3c3ccccc3)ccc1O2. The molecule has 0 saturated carbocycles. The Balaban J connectivity index is 1.34. The number of piperidine rings is 1. The number of benzene rings is 3. The highest BCUT2D eigenvalue weighted by molar-refractivity contribution is 5.68. The number of hydrogen-bond donors (Lipinski definition) is 1. The minimum atomic E-state index is -0.807. The minimum Gasteiger partial charge on any atom is -0.457 e. The summed E-state index contributed by atoms with van der Waals surface area (Å²) in [4.78, 5) is 13.7. The van der Waals surface area contributed by atoms with E-state index in [-0.39, 0.29) is 0 Å². The number of rotatable bonds is 4. The number of ether oxygens (including phenoxy) is 2. The zero-order valence-corrected chi connectivity index (χ0v) is 18.1. The summed E-state index contributed by atoms with van der Waals surface area (Å²) in [5.41, 5.74) is 10.1. The van der Waals surface area contributed by atoms with E-state index in [1.54, 1.807) is 6.07 Å². The van der Waals surface area contributed by atoms with Crippen LogP contribution in [0.1, 0.15) is 47.6 Å².